The summed E-state index contributed by atoms with van der Waals surface area (Å²) in [7, 11) is 0. The van der Waals surface area contributed by atoms with Gasteiger partial charge in [-0.1, -0.05) is 30.3 Å². The van der Waals surface area contributed by atoms with Gasteiger partial charge in [-0.2, -0.15) is 0 Å². The number of primary amides is 1. The predicted octanol–water partition coefficient (Wildman–Crippen LogP) is 4.58. The fourth-order valence-corrected chi connectivity index (χ4v) is 5.81. The van der Waals surface area contributed by atoms with Crippen LogP contribution in [0.2, 0.25) is 0 Å². The molecule has 0 radical (unpaired) electrons. The van der Waals surface area contributed by atoms with Gasteiger partial charge in [0.05, 0.1) is 5.56 Å². The molecule has 4 amide bonds. The van der Waals surface area contributed by atoms with Crippen molar-refractivity contribution < 1.29 is 28.3 Å². The van der Waals surface area contributed by atoms with E-state index in [2.05, 4.69) is 10.6 Å². The van der Waals surface area contributed by atoms with E-state index in [1.165, 1.54) is 12.1 Å². The van der Waals surface area contributed by atoms with Crippen LogP contribution in [0.1, 0.15) is 74.7 Å². The number of nitrogens with two attached hydrogens (primary N) is 1. The highest BCUT2D eigenvalue weighted by atomic mass is 19.1. The quantitative estimate of drug-likeness (QED) is 0.452. The van der Waals surface area contributed by atoms with E-state index in [1.807, 2.05) is 51.1 Å². The summed E-state index contributed by atoms with van der Waals surface area (Å²) in [6.07, 6.45) is 3.07. The highest BCUT2D eigenvalue weighted by molar-refractivity contribution is 5.99. The molecule has 10 heteroatoms. The summed E-state index contributed by atoms with van der Waals surface area (Å²) in [4.78, 5) is 52.5. The van der Waals surface area contributed by atoms with E-state index in [-0.39, 0.29) is 34.9 Å². The van der Waals surface area contributed by atoms with E-state index in [4.69, 9.17) is 10.5 Å². The number of rotatable bonds is 7. The number of hydrogen-bond acceptors (Lipinski definition) is 5. The zero-order valence-electron chi connectivity index (χ0n) is 23.8. The molecule has 2 aliphatic rings. The summed E-state index contributed by atoms with van der Waals surface area (Å²) in [5.74, 6) is -2.38. The number of carbonyl (C=O) groups excluding carboxylic acids is 4. The van der Waals surface area contributed by atoms with E-state index in [9.17, 15) is 23.6 Å². The number of likely N-dealkylation sites (tertiary alicyclic amines) is 1. The number of anilines is 1. The van der Waals surface area contributed by atoms with Crippen LogP contribution in [-0.4, -0.2) is 53.4 Å². The minimum atomic E-state index is -0.896. The molecule has 2 aromatic carbocycles. The molecule has 0 aromatic heterocycles. The van der Waals surface area contributed by atoms with Gasteiger partial charge < -0.3 is 26.0 Å². The number of carbonyl (C=O) groups is 4. The van der Waals surface area contributed by atoms with Gasteiger partial charge in [-0.05, 0) is 82.6 Å². The maximum atomic E-state index is 14.4. The highest BCUT2D eigenvalue weighted by Gasteiger charge is 2.44. The SMILES string of the molecule is CC(C)(C)OC(=O)NCC1CCC(C(=O)N2CC[C@@H](c3ccccc3)[C@H]2C(=O)Nc2ccc(C(N)=O)c(F)c2)CC1. The predicted molar refractivity (Wildman–Crippen MR) is 153 cm³/mol. The average Bonchev–Trinajstić information content (AvgIpc) is 3.37. The van der Waals surface area contributed by atoms with Crippen molar-refractivity contribution >= 4 is 29.5 Å². The highest BCUT2D eigenvalue weighted by Crippen LogP contribution is 2.38. The van der Waals surface area contributed by atoms with E-state index in [1.54, 1.807) is 4.90 Å². The number of halogens is 1. The van der Waals surface area contributed by atoms with Crippen molar-refractivity contribution in [1.82, 2.24) is 10.2 Å². The Hall–Kier alpha value is -3.95. The molecule has 2 aromatic rings. The van der Waals surface area contributed by atoms with E-state index >= 15 is 0 Å². The summed E-state index contributed by atoms with van der Waals surface area (Å²) in [5.41, 5.74) is 5.50. The lowest BCUT2D eigenvalue weighted by atomic mass is 9.81. The smallest absolute Gasteiger partial charge is 0.407 e. The molecule has 2 fully saturated rings. The van der Waals surface area contributed by atoms with Crippen molar-refractivity contribution in [1.29, 1.82) is 0 Å². The van der Waals surface area contributed by atoms with E-state index in [0.29, 0.717) is 32.4 Å². The van der Waals surface area contributed by atoms with Crippen LogP contribution >= 0.6 is 0 Å². The lowest BCUT2D eigenvalue weighted by molar-refractivity contribution is -0.141. The standard InChI is InChI=1S/C31H39FN4O5/c1-31(2,3)41-30(40)34-18-19-9-11-21(12-10-19)29(39)36-16-15-23(20-7-5-4-6-8-20)26(36)28(38)35-22-13-14-24(27(33)37)25(32)17-22/h4-8,13-14,17,19,21,23,26H,9-12,15-16,18H2,1-3H3,(H2,33,37)(H,34,40)(H,35,38)/t19?,21?,23-,26-/m0/s1. The van der Waals surface area contributed by atoms with Crippen LogP contribution in [0.25, 0.3) is 0 Å². The van der Waals surface area contributed by atoms with Crippen LogP contribution in [0.15, 0.2) is 48.5 Å². The molecule has 4 N–H and O–H groups in total. The Morgan fingerprint density at radius 2 is 1.68 bits per heavy atom. The Morgan fingerprint density at radius 3 is 2.29 bits per heavy atom. The van der Waals surface area contributed by atoms with Gasteiger partial charge in [0.2, 0.25) is 11.8 Å². The van der Waals surface area contributed by atoms with Crippen molar-refractivity contribution in [3.63, 3.8) is 0 Å². The second-order valence-corrected chi connectivity index (χ2v) is 11.9. The van der Waals surface area contributed by atoms with Crippen LogP contribution in [0.5, 0.6) is 0 Å². The third-order valence-electron chi connectivity index (χ3n) is 7.81. The first-order valence-corrected chi connectivity index (χ1v) is 14.2. The van der Waals surface area contributed by atoms with Crippen LogP contribution in [0.4, 0.5) is 14.9 Å². The van der Waals surface area contributed by atoms with Gasteiger partial charge in [0, 0.05) is 30.6 Å². The molecule has 4 rings (SSSR count). The second-order valence-electron chi connectivity index (χ2n) is 11.9. The number of ether oxygens (including phenoxy) is 1. The Balaban J connectivity index is 1.43. The molecule has 9 nitrogen and oxygen atoms in total. The normalized spacial score (nSPS) is 22.6. The van der Waals surface area contributed by atoms with Gasteiger partial charge in [0.1, 0.15) is 17.5 Å². The van der Waals surface area contributed by atoms with Crippen LogP contribution in [0.3, 0.4) is 0 Å². The molecule has 1 saturated carbocycles. The second kappa shape index (κ2) is 12.7. The van der Waals surface area contributed by atoms with Crippen molar-refractivity contribution in [3.05, 3.63) is 65.5 Å². The van der Waals surface area contributed by atoms with Crippen LogP contribution in [0, 0.1) is 17.7 Å². The van der Waals surface area contributed by atoms with Crippen molar-refractivity contribution in [3.8, 4) is 0 Å². The minimum Gasteiger partial charge on any atom is -0.444 e. The van der Waals surface area contributed by atoms with Crippen molar-refractivity contribution in [2.45, 2.75) is 70.4 Å². The Labute approximate surface area is 240 Å². The molecule has 41 heavy (non-hydrogen) atoms. The molecule has 220 valence electrons. The molecule has 1 saturated heterocycles. The molecular weight excluding hydrogens is 527 g/mol. The monoisotopic (exact) mass is 566 g/mol. The molecule has 1 aliphatic carbocycles. The van der Waals surface area contributed by atoms with Gasteiger partial charge >= 0.3 is 6.09 Å². The van der Waals surface area contributed by atoms with E-state index < -0.39 is 35.4 Å². The summed E-state index contributed by atoms with van der Waals surface area (Å²) in [6, 6.07) is 12.5. The first-order chi connectivity index (χ1) is 19.4. The average molecular weight is 567 g/mol. The van der Waals surface area contributed by atoms with Crippen molar-refractivity contribution in [2.75, 3.05) is 18.4 Å². The molecule has 0 unspecified atom stereocenters. The van der Waals surface area contributed by atoms with E-state index in [0.717, 1.165) is 24.5 Å². The maximum Gasteiger partial charge on any atom is 0.407 e. The Morgan fingerprint density at radius 1 is 1.00 bits per heavy atom. The van der Waals surface area contributed by atoms with Crippen LogP contribution < -0.4 is 16.4 Å². The van der Waals surface area contributed by atoms with Gasteiger partial charge in [-0.25, -0.2) is 9.18 Å². The van der Waals surface area contributed by atoms with Gasteiger partial charge in [-0.3, -0.25) is 14.4 Å². The lowest BCUT2D eigenvalue weighted by Gasteiger charge is -2.34. The number of nitrogens with zero attached hydrogens (tertiary/aromatic N) is 1. The lowest BCUT2D eigenvalue weighted by Crippen LogP contribution is -2.48. The Kier molecular flexibility index (Phi) is 9.30. The molecule has 1 heterocycles. The molecular formula is C31H39FN4O5. The molecule has 2 atom stereocenters. The van der Waals surface area contributed by atoms with Gasteiger partial charge in [0.25, 0.3) is 5.91 Å². The number of hydrogen-bond donors (Lipinski definition) is 3. The summed E-state index contributed by atoms with van der Waals surface area (Å²) >= 11 is 0. The topological polar surface area (TPSA) is 131 Å². The molecule has 1 aliphatic heterocycles. The third-order valence-corrected chi connectivity index (χ3v) is 7.81. The number of amides is 4. The third kappa shape index (κ3) is 7.62. The summed E-state index contributed by atoms with van der Waals surface area (Å²) < 4.78 is 19.7. The molecule has 0 spiro atoms. The largest absolute Gasteiger partial charge is 0.444 e. The van der Waals surface area contributed by atoms with Gasteiger partial charge in [-0.15, -0.1) is 0 Å². The zero-order chi connectivity index (χ0) is 29.7. The minimum absolute atomic E-state index is 0.0580. The molecule has 0 bridgehead atoms. The first kappa shape index (κ1) is 30.0. The fraction of sp³-hybridized carbons (Fsp3) is 0.484. The summed E-state index contributed by atoms with van der Waals surface area (Å²) in [6.45, 7) is 6.37. The van der Waals surface area contributed by atoms with Crippen molar-refractivity contribution in [2.24, 2.45) is 17.6 Å². The number of benzene rings is 2. The summed E-state index contributed by atoms with van der Waals surface area (Å²) in [5, 5.41) is 5.58. The first-order valence-electron chi connectivity index (χ1n) is 14.2. The van der Waals surface area contributed by atoms with Crippen LogP contribution in [-0.2, 0) is 14.3 Å². The Bertz CT molecular complexity index is 1270. The number of nitrogens with one attached hydrogen (secondary N) is 2. The van der Waals surface area contributed by atoms with Gasteiger partial charge in [0.15, 0.2) is 0 Å². The number of alkyl carbamates (subject to hydrolysis) is 1. The fourth-order valence-electron chi connectivity index (χ4n) is 5.81. The zero-order valence-corrected chi connectivity index (χ0v) is 23.8. The maximum absolute atomic E-state index is 14.4.